The predicted molar refractivity (Wildman–Crippen MR) is 79.4 cm³/mol. The molecule has 0 aliphatic carbocycles. The molecule has 1 rings (SSSR count). The van der Waals surface area contributed by atoms with Crippen molar-refractivity contribution in [3.8, 4) is 5.75 Å². The highest BCUT2D eigenvalue weighted by Crippen LogP contribution is 2.37. The lowest BCUT2D eigenvalue weighted by Gasteiger charge is -2.36. The molecule has 0 aliphatic heterocycles. The van der Waals surface area contributed by atoms with Crippen LogP contribution in [-0.2, 0) is 11.0 Å². The van der Waals surface area contributed by atoms with E-state index in [1.807, 2.05) is 18.2 Å². The van der Waals surface area contributed by atoms with Crippen LogP contribution in [0.4, 0.5) is 5.69 Å². The maximum absolute atomic E-state index is 6.15. The third kappa shape index (κ3) is 3.49. The van der Waals surface area contributed by atoms with Gasteiger partial charge in [0.05, 0.1) is 19.4 Å². The zero-order chi connectivity index (χ0) is 14.0. The second-order valence-corrected chi connectivity index (χ2v) is 10.9. The van der Waals surface area contributed by atoms with E-state index in [0.717, 1.165) is 5.56 Å². The van der Waals surface area contributed by atoms with Crippen LogP contribution in [0.25, 0.3) is 0 Å². The van der Waals surface area contributed by atoms with E-state index in [2.05, 4.69) is 33.9 Å². The third-order valence-corrected chi connectivity index (χ3v) is 8.18. The van der Waals surface area contributed by atoms with E-state index in [1.54, 1.807) is 7.11 Å². The number of hydrogen-bond donors (Lipinski definition) is 1. The van der Waals surface area contributed by atoms with Gasteiger partial charge in [-0.2, -0.15) is 0 Å². The van der Waals surface area contributed by atoms with Crippen molar-refractivity contribution in [3.63, 3.8) is 0 Å². The van der Waals surface area contributed by atoms with E-state index in [4.69, 9.17) is 14.9 Å². The van der Waals surface area contributed by atoms with Gasteiger partial charge in [-0.25, -0.2) is 0 Å². The summed E-state index contributed by atoms with van der Waals surface area (Å²) < 4.78 is 11.3. The molecule has 1 aromatic rings. The van der Waals surface area contributed by atoms with Crippen molar-refractivity contribution in [3.05, 3.63) is 23.8 Å². The molecule has 3 nitrogen and oxygen atoms in total. The fourth-order valence-corrected chi connectivity index (χ4v) is 2.31. The Balaban J connectivity index is 2.73. The van der Waals surface area contributed by atoms with Crippen LogP contribution in [-0.4, -0.2) is 15.4 Å². The standard InChI is InChI=1S/C14H25NO2Si/c1-14(2,3)18(5,6)17-10-11-7-8-13(16-4)12(15)9-11/h7-9H,10,15H2,1-6H3. The van der Waals surface area contributed by atoms with Gasteiger partial charge in [0.15, 0.2) is 8.32 Å². The molecule has 0 aromatic heterocycles. The second kappa shape index (κ2) is 5.32. The average molecular weight is 267 g/mol. The van der Waals surface area contributed by atoms with E-state index < -0.39 is 8.32 Å². The van der Waals surface area contributed by atoms with Gasteiger partial charge in [-0.15, -0.1) is 0 Å². The van der Waals surface area contributed by atoms with Crippen molar-refractivity contribution in [2.45, 2.75) is 45.5 Å². The molecular formula is C14H25NO2Si. The molecule has 4 heteroatoms. The monoisotopic (exact) mass is 267 g/mol. The molecule has 0 aliphatic rings. The minimum Gasteiger partial charge on any atom is -0.495 e. The normalized spacial score (nSPS) is 12.6. The lowest BCUT2D eigenvalue weighted by atomic mass is 10.2. The molecule has 0 saturated carbocycles. The van der Waals surface area contributed by atoms with Crippen LogP contribution >= 0.6 is 0 Å². The Morgan fingerprint density at radius 3 is 2.28 bits per heavy atom. The van der Waals surface area contributed by atoms with E-state index in [9.17, 15) is 0 Å². The molecule has 0 spiro atoms. The average Bonchev–Trinajstić information content (AvgIpc) is 2.25. The van der Waals surface area contributed by atoms with Gasteiger partial charge in [0.2, 0.25) is 0 Å². The number of nitrogens with two attached hydrogens (primary N) is 1. The summed E-state index contributed by atoms with van der Waals surface area (Å²) in [6, 6.07) is 5.81. The fraction of sp³-hybridized carbons (Fsp3) is 0.571. The van der Waals surface area contributed by atoms with E-state index in [1.165, 1.54) is 0 Å². The molecule has 0 saturated heterocycles. The molecule has 18 heavy (non-hydrogen) atoms. The number of anilines is 1. The van der Waals surface area contributed by atoms with Crippen molar-refractivity contribution < 1.29 is 9.16 Å². The van der Waals surface area contributed by atoms with Gasteiger partial charge in [0.25, 0.3) is 0 Å². The van der Waals surface area contributed by atoms with Crippen molar-refractivity contribution in [2.24, 2.45) is 0 Å². The fourth-order valence-electron chi connectivity index (χ4n) is 1.35. The summed E-state index contributed by atoms with van der Waals surface area (Å²) in [5.41, 5.74) is 7.64. The van der Waals surface area contributed by atoms with Crippen LogP contribution in [0.2, 0.25) is 18.1 Å². The lowest BCUT2D eigenvalue weighted by Crippen LogP contribution is -2.40. The number of methoxy groups -OCH3 is 1. The Labute approximate surface area is 111 Å². The van der Waals surface area contributed by atoms with Gasteiger partial charge in [-0.3, -0.25) is 0 Å². The first-order chi connectivity index (χ1) is 8.17. The molecule has 0 amide bonds. The highest BCUT2D eigenvalue weighted by Gasteiger charge is 2.36. The molecular weight excluding hydrogens is 242 g/mol. The van der Waals surface area contributed by atoms with Gasteiger partial charge in [-0.05, 0) is 35.8 Å². The Morgan fingerprint density at radius 2 is 1.83 bits per heavy atom. The summed E-state index contributed by atoms with van der Waals surface area (Å²) in [6.45, 7) is 11.8. The van der Waals surface area contributed by atoms with Crippen LogP contribution in [0.1, 0.15) is 26.3 Å². The number of benzene rings is 1. The molecule has 0 heterocycles. The summed E-state index contributed by atoms with van der Waals surface area (Å²) >= 11 is 0. The molecule has 2 N–H and O–H groups in total. The molecule has 1 aromatic carbocycles. The first-order valence-corrected chi connectivity index (χ1v) is 9.14. The Bertz CT molecular complexity index is 411. The molecule has 0 atom stereocenters. The zero-order valence-electron chi connectivity index (χ0n) is 12.3. The van der Waals surface area contributed by atoms with Gasteiger partial charge in [-0.1, -0.05) is 26.8 Å². The summed E-state index contributed by atoms with van der Waals surface area (Å²) in [6.07, 6.45) is 0. The Morgan fingerprint density at radius 1 is 1.22 bits per heavy atom. The first kappa shape index (κ1) is 15.1. The van der Waals surface area contributed by atoms with Crippen molar-refractivity contribution in [1.82, 2.24) is 0 Å². The number of ether oxygens (including phenoxy) is 1. The number of hydrogen-bond acceptors (Lipinski definition) is 3. The Hall–Kier alpha value is -1.00. The molecule has 0 fully saturated rings. The van der Waals surface area contributed by atoms with E-state index in [-0.39, 0.29) is 5.04 Å². The van der Waals surface area contributed by atoms with Crippen molar-refractivity contribution >= 4 is 14.0 Å². The quantitative estimate of drug-likeness (QED) is 0.666. The van der Waals surface area contributed by atoms with Crippen molar-refractivity contribution in [1.29, 1.82) is 0 Å². The smallest absolute Gasteiger partial charge is 0.192 e. The van der Waals surface area contributed by atoms with Crippen LogP contribution < -0.4 is 10.5 Å². The van der Waals surface area contributed by atoms with Gasteiger partial charge in [0.1, 0.15) is 5.75 Å². The third-order valence-electron chi connectivity index (χ3n) is 3.70. The molecule has 0 radical (unpaired) electrons. The van der Waals surface area contributed by atoms with Gasteiger partial charge < -0.3 is 14.9 Å². The summed E-state index contributed by atoms with van der Waals surface area (Å²) in [5.74, 6) is 0.714. The topological polar surface area (TPSA) is 44.5 Å². The summed E-state index contributed by atoms with van der Waals surface area (Å²) in [4.78, 5) is 0. The molecule has 102 valence electrons. The van der Waals surface area contributed by atoms with Crippen LogP contribution in [0.3, 0.4) is 0 Å². The lowest BCUT2D eigenvalue weighted by molar-refractivity contribution is 0.276. The van der Waals surface area contributed by atoms with Crippen molar-refractivity contribution in [2.75, 3.05) is 12.8 Å². The van der Waals surface area contributed by atoms with Crippen LogP contribution in [0.5, 0.6) is 5.75 Å². The zero-order valence-corrected chi connectivity index (χ0v) is 13.3. The second-order valence-electron chi connectivity index (χ2n) is 6.13. The number of nitrogen functional groups attached to an aromatic ring is 1. The van der Waals surface area contributed by atoms with E-state index in [0.29, 0.717) is 18.0 Å². The van der Waals surface area contributed by atoms with Crippen LogP contribution in [0.15, 0.2) is 18.2 Å². The van der Waals surface area contributed by atoms with Gasteiger partial charge >= 0.3 is 0 Å². The highest BCUT2D eigenvalue weighted by molar-refractivity contribution is 6.74. The van der Waals surface area contributed by atoms with Crippen LogP contribution in [0, 0.1) is 0 Å². The number of rotatable bonds is 4. The molecule has 0 unspecified atom stereocenters. The summed E-state index contributed by atoms with van der Waals surface area (Å²) in [7, 11) is -0.0765. The minimum atomic E-state index is -1.70. The predicted octanol–water partition coefficient (Wildman–Crippen LogP) is 3.80. The Kier molecular flexibility index (Phi) is 4.45. The largest absolute Gasteiger partial charge is 0.495 e. The SMILES string of the molecule is COc1ccc(CO[Si](C)(C)C(C)(C)C)cc1N. The maximum atomic E-state index is 6.15. The maximum Gasteiger partial charge on any atom is 0.192 e. The molecule has 0 bridgehead atoms. The van der Waals surface area contributed by atoms with Gasteiger partial charge in [0, 0.05) is 0 Å². The summed E-state index contributed by atoms with van der Waals surface area (Å²) in [5, 5.41) is 0.227. The first-order valence-electron chi connectivity index (χ1n) is 6.24. The highest BCUT2D eigenvalue weighted by atomic mass is 28.4. The minimum absolute atomic E-state index is 0.227. The van der Waals surface area contributed by atoms with E-state index >= 15 is 0 Å².